The summed E-state index contributed by atoms with van der Waals surface area (Å²) in [5, 5.41) is 8.80. The van der Waals surface area contributed by atoms with E-state index in [1.807, 2.05) is 18.2 Å². The molecule has 0 amide bonds. The minimum Gasteiger partial charge on any atom is -0.128 e. The zero-order valence-corrected chi connectivity index (χ0v) is 11.1. The van der Waals surface area contributed by atoms with Gasteiger partial charge in [0.2, 0.25) is 0 Å². The Balaban J connectivity index is 2.26. The number of benzene rings is 2. The second-order valence-electron chi connectivity index (χ2n) is 3.69. The van der Waals surface area contributed by atoms with Crippen LogP contribution in [0.25, 0.3) is 11.1 Å². The molecule has 0 saturated carbocycles. The number of nitrogens with zero attached hydrogens (tertiary/aromatic N) is 3. The van der Waals surface area contributed by atoms with Gasteiger partial charge in [-0.25, -0.2) is 0 Å². The quantitative estimate of drug-likeness (QED) is 0.618. The molecule has 1 heterocycles. The van der Waals surface area contributed by atoms with Crippen LogP contribution in [0.1, 0.15) is 0 Å². The van der Waals surface area contributed by atoms with Gasteiger partial charge in [0.15, 0.2) is 0 Å². The van der Waals surface area contributed by atoms with E-state index in [1.165, 1.54) is 0 Å². The fourth-order valence-corrected chi connectivity index (χ4v) is 2.42. The maximum atomic E-state index is 6.22. The molecule has 0 spiro atoms. The standard InChI is InChI=1S/C12H5Cl3N3/c13-8-5-4-6(10(14)11(8)15)7-2-1-3-9-12(7)17-18-16-9/h1-5H. The molecule has 1 radical (unpaired) electrons. The van der Waals surface area contributed by atoms with Crippen LogP contribution >= 0.6 is 34.8 Å². The topological polar surface area (TPSA) is 38.8 Å². The molecule has 0 aliphatic carbocycles. The molecule has 0 bridgehead atoms. The van der Waals surface area contributed by atoms with Crippen molar-refractivity contribution in [3.05, 3.63) is 45.4 Å². The summed E-state index contributed by atoms with van der Waals surface area (Å²) in [6, 6.07) is 9.11. The van der Waals surface area contributed by atoms with Crippen LogP contribution in [0.3, 0.4) is 0 Å². The average Bonchev–Trinajstić information content (AvgIpc) is 2.84. The highest BCUT2D eigenvalue weighted by Crippen LogP contribution is 2.45. The lowest BCUT2D eigenvalue weighted by atomic mass is 10.0. The maximum absolute atomic E-state index is 6.22. The highest BCUT2D eigenvalue weighted by Gasteiger charge is 2.18. The van der Waals surface area contributed by atoms with Gasteiger partial charge in [-0.3, -0.25) is 0 Å². The molecule has 89 valence electrons. The van der Waals surface area contributed by atoms with Gasteiger partial charge in [-0.05, 0) is 17.4 Å². The van der Waals surface area contributed by atoms with Crippen molar-refractivity contribution >= 4 is 46.2 Å². The van der Waals surface area contributed by atoms with Crippen LogP contribution in [-0.2, 0) is 0 Å². The first-order valence-electron chi connectivity index (χ1n) is 5.07. The molecule has 0 saturated heterocycles. The molecule has 0 atom stereocenters. The Bertz CT molecular complexity index is 668. The van der Waals surface area contributed by atoms with E-state index in [2.05, 4.69) is 15.8 Å². The summed E-state index contributed by atoms with van der Waals surface area (Å²) in [6.45, 7) is 0. The van der Waals surface area contributed by atoms with Crippen LogP contribution in [0.5, 0.6) is 0 Å². The van der Waals surface area contributed by atoms with Gasteiger partial charge in [0.05, 0.1) is 15.1 Å². The first-order valence-corrected chi connectivity index (χ1v) is 6.20. The highest BCUT2D eigenvalue weighted by atomic mass is 35.5. The molecule has 18 heavy (non-hydrogen) atoms. The Morgan fingerprint density at radius 3 is 2.50 bits per heavy atom. The van der Waals surface area contributed by atoms with Gasteiger partial charge < -0.3 is 0 Å². The van der Waals surface area contributed by atoms with E-state index in [1.54, 1.807) is 12.1 Å². The molecule has 0 N–H and O–H groups in total. The molecule has 2 aromatic rings. The van der Waals surface area contributed by atoms with Gasteiger partial charge in [0, 0.05) is 11.1 Å². The number of rotatable bonds is 1. The summed E-state index contributed by atoms with van der Waals surface area (Å²) in [4.78, 5) is 0. The Labute approximate surface area is 118 Å². The smallest absolute Gasteiger partial charge is 0.123 e. The van der Waals surface area contributed by atoms with Crippen molar-refractivity contribution in [2.45, 2.75) is 0 Å². The first kappa shape index (κ1) is 11.8. The van der Waals surface area contributed by atoms with Crippen LogP contribution in [-0.4, -0.2) is 0 Å². The Kier molecular flexibility index (Phi) is 2.90. The molecule has 1 aliphatic heterocycles. The van der Waals surface area contributed by atoms with Crippen molar-refractivity contribution in [1.29, 1.82) is 0 Å². The third kappa shape index (κ3) is 1.75. The normalized spacial score (nSPS) is 12.4. The van der Waals surface area contributed by atoms with Gasteiger partial charge in [0.25, 0.3) is 0 Å². The summed E-state index contributed by atoms with van der Waals surface area (Å²) < 4.78 is 0. The zero-order valence-electron chi connectivity index (χ0n) is 8.86. The van der Waals surface area contributed by atoms with E-state index >= 15 is 0 Å². The van der Waals surface area contributed by atoms with Crippen molar-refractivity contribution < 1.29 is 0 Å². The van der Waals surface area contributed by atoms with E-state index in [0.29, 0.717) is 20.8 Å². The number of fused-ring (bicyclic) bond motifs is 1. The van der Waals surface area contributed by atoms with Gasteiger partial charge in [-0.2, -0.15) is 0 Å². The lowest BCUT2D eigenvalue weighted by molar-refractivity contribution is 0.923. The van der Waals surface area contributed by atoms with Crippen molar-refractivity contribution in [3.63, 3.8) is 0 Å². The molecule has 3 rings (SSSR count). The molecular weight excluding hydrogens is 293 g/mol. The second kappa shape index (κ2) is 4.43. The van der Waals surface area contributed by atoms with Crippen LogP contribution in [0, 0.1) is 0 Å². The van der Waals surface area contributed by atoms with Crippen molar-refractivity contribution in [3.8, 4) is 11.1 Å². The van der Waals surface area contributed by atoms with Gasteiger partial charge >= 0.3 is 0 Å². The fourth-order valence-electron chi connectivity index (χ4n) is 1.78. The maximum Gasteiger partial charge on any atom is 0.123 e. The molecular formula is C12H5Cl3N3. The summed E-state index contributed by atoms with van der Waals surface area (Å²) in [7, 11) is 0. The van der Waals surface area contributed by atoms with Gasteiger partial charge in [-0.1, -0.05) is 53.0 Å². The van der Waals surface area contributed by atoms with Crippen molar-refractivity contribution in [2.24, 2.45) is 10.3 Å². The molecule has 1 aliphatic rings. The predicted octanol–water partition coefficient (Wildman–Crippen LogP) is 5.56. The molecule has 0 aromatic heterocycles. The molecule has 2 aromatic carbocycles. The van der Waals surface area contributed by atoms with Gasteiger partial charge in [0.1, 0.15) is 11.4 Å². The van der Waals surface area contributed by atoms with E-state index in [9.17, 15) is 0 Å². The van der Waals surface area contributed by atoms with E-state index in [0.717, 1.165) is 16.8 Å². The monoisotopic (exact) mass is 296 g/mol. The van der Waals surface area contributed by atoms with Crippen LogP contribution in [0.15, 0.2) is 40.7 Å². The first-order chi connectivity index (χ1) is 8.68. The number of halogens is 3. The summed E-state index contributed by atoms with van der Waals surface area (Å²) in [5.41, 5.74) is 6.92. The minimum absolute atomic E-state index is 0.334. The lowest BCUT2D eigenvalue weighted by Crippen LogP contribution is -1.84. The number of hydrogen-bond acceptors (Lipinski definition) is 2. The van der Waals surface area contributed by atoms with Crippen LogP contribution in [0.4, 0.5) is 11.4 Å². The van der Waals surface area contributed by atoms with Gasteiger partial charge in [-0.15, -0.1) is 10.5 Å². The van der Waals surface area contributed by atoms with E-state index < -0.39 is 0 Å². The zero-order chi connectivity index (χ0) is 12.7. The van der Waals surface area contributed by atoms with E-state index in [4.69, 9.17) is 34.8 Å². The molecule has 0 unspecified atom stereocenters. The largest absolute Gasteiger partial charge is 0.128 e. The minimum atomic E-state index is 0.334. The van der Waals surface area contributed by atoms with E-state index in [-0.39, 0.29) is 0 Å². The van der Waals surface area contributed by atoms with Crippen LogP contribution in [0.2, 0.25) is 15.1 Å². The summed E-state index contributed by atoms with van der Waals surface area (Å²) >= 11 is 18.2. The van der Waals surface area contributed by atoms with Crippen molar-refractivity contribution in [1.82, 2.24) is 5.43 Å². The average molecular weight is 298 g/mol. The number of hydrogen-bond donors (Lipinski definition) is 0. The Hall–Kier alpha value is -1.29. The SMILES string of the molecule is Clc1ccc(-c2cccc3c2N=N[N]3)c(Cl)c1Cl. The Morgan fingerprint density at radius 2 is 1.67 bits per heavy atom. The lowest BCUT2D eigenvalue weighted by Gasteiger charge is -2.09. The predicted molar refractivity (Wildman–Crippen MR) is 73.2 cm³/mol. The van der Waals surface area contributed by atoms with Crippen LogP contribution < -0.4 is 5.43 Å². The summed E-state index contributed by atoms with van der Waals surface area (Å²) in [6.07, 6.45) is 0. The summed E-state index contributed by atoms with van der Waals surface area (Å²) in [5.74, 6) is 0. The highest BCUT2D eigenvalue weighted by molar-refractivity contribution is 6.49. The second-order valence-corrected chi connectivity index (χ2v) is 4.85. The molecule has 0 fully saturated rings. The molecule has 3 nitrogen and oxygen atoms in total. The molecule has 6 heteroatoms. The fraction of sp³-hybridized carbons (Fsp3) is 0. The third-order valence-electron chi connectivity index (χ3n) is 2.64. The Morgan fingerprint density at radius 1 is 0.833 bits per heavy atom. The third-order valence-corrected chi connectivity index (χ3v) is 3.93. The van der Waals surface area contributed by atoms with Crippen molar-refractivity contribution in [2.75, 3.05) is 0 Å².